The Kier molecular flexibility index (Phi) is 5.71. The first-order chi connectivity index (χ1) is 14.1. The molecule has 0 bridgehead atoms. The molecule has 7 heteroatoms. The van der Waals surface area contributed by atoms with E-state index < -0.39 is 5.82 Å². The number of halogens is 2. The predicted molar refractivity (Wildman–Crippen MR) is 112 cm³/mol. The van der Waals surface area contributed by atoms with E-state index in [0.29, 0.717) is 5.69 Å². The van der Waals surface area contributed by atoms with Gasteiger partial charge in [0.2, 0.25) is 5.91 Å². The summed E-state index contributed by atoms with van der Waals surface area (Å²) in [5.41, 5.74) is 1.78. The Balaban J connectivity index is 1.45. The van der Waals surface area contributed by atoms with Crippen molar-refractivity contribution in [2.24, 2.45) is 0 Å². The number of anilines is 1. The molecule has 1 aromatic heterocycles. The standard InChI is InChI=1S/C22H20ClFN4O/c23-18-5-4-6-19(24)17(18)12-13-21(29)25-16-10-8-15(9-11-16)22-27-26-20-7-2-1-3-14-28(20)22/h4-6,8-13H,1-3,7,14H2,(H,25,29)/b13-12+. The van der Waals surface area contributed by atoms with Gasteiger partial charge in [0.15, 0.2) is 5.82 Å². The minimum atomic E-state index is -0.474. The molecule has 5 nitrogen and oxygen atoms in total. The molecule has 2 heterocycles. The Hall–Kier alpha value is -2.99. The number of benzene rings is 2. The third kappa shape index (κ3) is 4.38. The van der Waals surface area contributed by atoms with Crippen LogP contribution in [0, 0.1) is 5.82 Å². The van der Waals surface area contributed by atoms with Crippen LogP contribution in [0.4, 0.5) is 10.1 Å². The number of aromatic nitrogens is 3. The van der Waals surface area contributed by atoms with Gasteiger partial charge < -0.3 is 9.88 Å². The Bertz CT molecular complexity index is 1040. The molecule has 0 atom stereocenters. The van der Waals surface area contributed by atoms with Crippen LogP contribution < -0.4 is 5.32 Å². The van der Waals surface area contributed by atoms with Gasteiger partial charge in [0.05, 0.1) is 5.02 Å². The molecule has 1 amide bonds. The lowest BCUT2D eigenvalue weighted by molar-refractivity contribution is -0.111. The van der Waals surface area contributed by atoms with Crippen LogP contribution in [0.2, 0.25) is 5.02 Å². The third-order valence-corrected chi connectivity index (χ3v) is 5.25. The van der Waals surface area contributed by atoms with Gasteiger partial charge in [-0.3, -0.25) is 4.79 Å². The monoisotopic (exact) mass is 410 g/mol. The average molecular weight is 411 g/mol. The van der Waals surface area contributed by atoms with Gasteiger partial charge in [-0.1, -0.05) is 24.1 Å². The number of amides is 1. The Morgan fingerprint density at radius 3 is 2.72 bits per heavy atom. The second-order valence-corrected chi connectivity index (χ2v) is 7.34. The van der Waals surface area contributed by atoms with E-state index in [1.54, 1.807) is 6.07 Å². The number of nitrogens with zero attached hydrogens (tertiary/aromatic N) is 3. The van der Waals surface area contributed by atoms with Crippen molar-refractivity contribution < 1.29 is 9.18 Å². The Labute approximate surface area is 173 Å². The molecule has 2 aromatic carbocycles. The highest BCUT2D eigenvalue weighted by atomic mass is 35.5. The lowest BCUT2D eigenvalue weighted by Crippen LogP contribution is -2.08. The van der Waals surface area contributed by atoms with Crippen LogP contribution >= 0.6 is 11.6 Å². The highest BCUT2D eigenvalue weighted by Crippen LogP contribution is 2.24. The smallest absolute Gasteiger partial charge is 0.248 e. The first-order valence-electron chi connectivity index (χ1n) is 9.57. The first kappa shape index (κ1) is 19.3. The fraction of sp³-hybridized carbons (Fsp3) is 0.227. The molecule has 4 rings (SSSR count). The third-order valence-electron chi connectivity index (χ3n) is 4.92. The van der Waals surface area contributed by atoms with Gasteiger partial charge in [-0.2, -0.15) is 0 Å². The normalized spacial score (nSPS) is 13.9. The van der Waals surface area contributed by atoms with Crippen LogP contribution in [0.1, 0.15) is 30.7 Å². The molecule has 148 valence electrons. The lowest BCUT2D eigenvalue weighted by Gasteiger charge is -2.08. The maximum absolute atomic E-state index is 13.8. The number of carbonyl (C=O) groups is 1. The van der Waals surface area contributed by atoms with Crippen molar-refractivity contribution in [1.29, 1.82) is 0 Å². The van der Waals surface area contributed by atoms with Crippen LogP contribution in [0.25, 0.3) is 17.5 Å². The van der Waals surface area contributed by atoms with Crippen LogP contribution in [0.5, 0.6) is 0 Å². The van der Waals surface area contributed by atoms with Crippen molar-refractivity contribution in [3.05, 3.63) is 70.8 Å². The summed E-state index contributed by atoms with van der Waals surface area (Å²) in [5, 5.41) is 11.7. The van der Waals surface area contributed by atoms with Crippen LogP contribution in [0.15, 0.2) is 48.5 Å². The second kappa shape index (κ2) is 8.57. The molecule has 3 aromatic rings. The fourth-order valence-corrected chi connectivity index (χ4v) is 3.64. The summed E-state index contributed by atoms with van der Waals surface area (Å²) in [6, 6.07) is 11.8. The minimum Gasteiger partial charge on any atom is -0.323 e. The van der Waals surface area contributed by atoms with Crippen molar-refractivity contribution in [1.82, 2.24) is 14.8 Å². The number of rotatable bonds is 4. The molecule has 1 N–H and O–H groups in total. The van der Waals surface area contributed by atoms with E-state index in [2.05, 4.69) is 20.1 Å². The summed E-state index contributed by atoms with van der Waals surface area (Å²) < 4.78 is 16.0. The first-order valence-corrected chi connectivity index (χ1v) is 9.95. The van der Waals surface area contributed by atoms with Crippen molar-refractivity contribution in [2.45, 2.75) is 32.2 Å². The van der Waals surface area contributed by atoms with E-state index in [9.17, 15) is 9.18 Å². The number of hydrogen-bond acceptors (Lipinski definition) is 3. The van der Waals surface area contributed by atoms with Crippen molar-refractivity contribution in [2.75, 3.05) is 5.32 Å². The molecule has 0 radical (unpaired) electrons. The molecule has 0 unspecified atom stereocenters. The highest BCUT2D eigenvalue weighted by molar-refractivity contribution is 6.32. The van der Waals surface area contributed by atoms with Crippen LogP contribution in [0.3, 0.4) is 0 Å². The summed E-state index contributed by atoms with van der Waals surface area (Å²) in [6.45, 7) is 0.930. The van der Waals surface area contributed by atoms with Gasteiger partial charge in [-0.25, -0.2) is 4.39 Å². The molecule has 29 heavy (non-hydrogen) atoms. The zero-order valence-electron chi connectivity index (χ0n) is 15.7. The maximum Gasteiger partial charge on any atom is 0.248 e. The summed E-state index contributed by atoms with van der Waals surface area (Å²) in [5.74, 6) is 1.05. The zero-order chi connectivity index (χ0) is 20.2. The number of nitrogens with one attached hydrogen (secondary N) is 1. The van der Waals surface area contributed by atoms with E-state index >= 15 is 0 Å². The van der Waals surface area contributed by atoms with Gasteiger partial charge >= 0.3 is 0 Å². The number of aryl methyl sites for hydroxylation is 1. The fourth-order valence-electron chi connectivity index (χ4n) is 3.41. The number of carbonyl (C=O) groups excluding carboxylic acids is 1. The van der Waals surface area contributed by atoms with E-state index in [1.165, 1.54) is 30.7 Å². The Morgan fingerprint density at radius 1 is 1.10 bits per heavy atom. The molecule has 1 aliphatic rings. The summed E-state index contributed by atoms with van der Waals surface area (Å²) in [4.78, 5) is 12.2. The van der Waals surface area contributed by atoms with Gasteiger partial charge in [0.1, 0.15) is 11.6 Å². The molecule has 0 aliphatic carbocycles. The van der Waals surface area contributed by atoms with E-state index in [1.807, 2.05) is 24.3 Å². The minimum absolute atomic E-state index is 0.187. The number of fused-ring (bicyclic) bond motifs is 1. The van der Waals surface area contributed by atoms with E-state index in [-0.39, 0.29) is 16.5 Å². The van der Waals surface area contributed by atoms with Gasteiger partial charge in [-0.15, -0.1) is 10.2 Å². The molecule has 0 saturated heterocycles. The molecule has 0 fully saturated rings. The van der Waals surface area contributed by atoms with E-state index in [0.717, 1.165) is 43.0 Å². The largest absolute Gasteiger partial charge is 0.323 e. The zero-order valence-corrected chi connectivity index (χ0v) is 16.5. The highest BCUT2D eigenvalue weighted by Gasteiger charge is 2.15. The quantitative estimate of drug-likeness (QED) is 0.607. The second-order valence-electron chi connectivity index (χ2n) is 6.94. The molecule has 0 spiro atoms. The van der Waals surface area contributed by atoms with Crippen LogP contribution in [-0.4, -0.2) is 20.7 Å². The molecular formula is C22H20ClFN4O. The Morgan fingerprint density at radius 2 is 1.93 bits per heavy atom. The van der Waals surface area contributed by atoms with Gasteiger partial charge in [0.25, 0.3) is 0 Å². The topological polar surface area (TPSA) is 59.8 Å². The van der Waals surface area contributed by atoms with Crippen molar-refractivity contribution >= 4 is 29.3 Å². The van der Waals surface area contributed by atoms with Gasteiger partial charge in [-0.05, 0) is 55.3 Å². The summed E-state index contributed by atoms with van der Waals surface area (Å²) in [6.07, 6.45) is 7.07. The molecule has 1 aliphatic heterocycles. The van der Waals surface area contributed by atoms with Crippen LogP contribution in [-0.2, 0) is 17.8 Å². The van der Waals surface area contributed by atoms with Gasteiger partial charge in [0, 0.05) is 35.9 Å². The SMILES string of the molecule is O=C(/C=C/c1c(F)cccc1Cl)Nc1ccc(-c2nnc3n2CCCCC3)cc1. The predicted octanol–water partition coefficient (Wildman–Crippen LogP) is 5.12. The average Bonchev–Trinajstić information content (AvgIpc) is 2.96. The number of hydrogen-bond donors (Lipinski definition) is 1. The van der Waals surface area contributed by atoms with Crippen molar-refractivity contribution in [3.8, 4) is 11.4 Å². The lowest BCUT2D eigenvalue weighted by atomic mass is 10.2. The maximum atomic E-state index is 13.8. The molecule has 0 saturated carbocycles. The summed E-state index contributed by atoms with van der Waals surface area (Å²) in [7, 11) is 0. The summed E-state index contributed by atoms with van der Waals surface area (Å²) >= 11 is 5.96. The van der Waals surface area contributed by atoms with E-state index in [4.69, 9.17) is 11.6 Å². The van der Waals surface area contributed by atoms with Crippen molar-refractivity contribution in [3.63, 3.8) is 0 Å². The molecular weight excluding hydrogens is 391 g/mol.